The van der Waals surface area contributed by atoms with Gasteiger partial charge in [-0.15, -0.1) is 0 Å². The molecule has 0 spiro atoms. The Morgan fingerprint density at radius 1 is 1.00 bits per heavy atom. The van der Waals surface area contributed by atoms with Crippen molar-refractivity contribution in [1.82, 2.24) is 15.0 Å². The number of carbonyl (C=O) groups excluding carboxylic acids is 1. The van der Waals surface area contributed by atoms with Crippen molar-refractivity contribution in [3.63, 3.8) is 0 Å². The molecule has 0 saturated carbocycles. The van der Waals surface area contributed by atoms with Gasteiger partial charge in [-0.1, -0.05) is 6.07 Å². The van der Waals surface area contributed by atoms with E-state index in [4.69, 9.17) is 4.74 Å². The number of ether oxygens (including phenoxy) is 1. The summed E-state index contributed by atoms with van der Waals surface area (Å²) >= 11 is 0. The average molecular weight is 485 g/mol. The summed E-state index contributed by atoms with van der Waals surface area (Å²) in [6.07, 6.45) is 7.30. The van der Waals surface area contributed by atoms with E-state index in [1.165, 1.54) is 0 Å². The van der Waals surface area contributed by atoms with Crippen molar-refractivity contribution in [2.75, 3.05) is 22.1 Å². The van der Waals surface area contributed by atoms with Crippen LogP contribution < -0.4 is 20.3 Å². The van der Waals surface area contributed by atoms with E-state index < -0.39 is 5.82 Å². The Labute approximate surface area is 208 Å². The molecule has 0 saturated heterocycles. The van der Waals surface area contributed by atoms with Crippen LogP contribution in [0.4, 0.5) is 33.2 Å². The fourth-order valence-electron chi connectivity index (χ4n) is 4.07. The molecule has 0 aliphatic carbocycles. The molecule has 0 bridgehead atoms. The molecule has 2 N–H and O–H groups in total. The highest BCUT2D eigenvalue weighted by molar-refractivity contribution is 5.93. The summed E-state index contributed by atoms with van der Waals surface area (Å²) in [6.45, 7) is 2.24. The van der Waals surface area contributed by atoms with Crippen molar-refractivity contribution >= 4 is 34.7 Å². The Kier molecular flexibility index (Phi) is 6.70. The quantitative estimate of drug-likeness (QED) is 0.348. The lowest BCUT2D eigenvalue weighted by molar-refractivity contribution is -0.116. The van der Waals surface area contributed by atoms with Crippen LogP contribution >= 0.6 is 0 Å². The molecule has 5 rings (SSSR count). The number of aryl methyl sites for hydroxylation is 1. The minimum Gasteiger partial charge on any atom is -0.456 e. The molecule has 4 aromatic rings. The number of hydrogen-bond acceptors (Lipinski definition) is 7. The molecule has 36 heavy (non-hydrogen) atoms. The number of amides is 1. The Morgan fingerprint density at radius 3 is 2.61 bits per heavy atom. The minimum atomic E-state index is -0.584. The number of fused-ring (bicyclic) bond motifs is 1. The van der Waals surface area contributed by atoms with Crippen LogP contribution in [0.5, 0.6) is 11.5 Å². The minimum absolute atomic E-state index is 0.00754. The van der Waals surface area contributed by atoms with Crippen molar-refractivity contribution in [3.8, 4) is 11.5 Å². The topological polar surface area (TPSA) is 92.3 Å². The second kappa shape index (κ2) is 10.4. The number of nitrogens with zero attached hydrogens (tertiary/aromatic N) is 4. The zero-order chi connectivity index (χ0) is 24.9. The average Bonchev–Trinajstić information content (AvgIpc) is 3.10. The summed E-state index contributed by atoms with van der Waals surface area (Å²) in [5, 5.41) is 6.11. The maximum atomic E-state index is 14.6. The molecule has 0 fully saturated rings. The first kappa shape index (κ1) is 23.2. The van der Waals surface area contributed by atoms with Gasteiger partial charge in [-0.2, -0.15) is 4.98 Å². The summed E-state index contributed by atoms with van der Waals surface area (Å²) in [6, 6.07) is 16.6. The van der Waals surface area contributed by atoms with E-state index in [2.05, 4.69) is 25.6 Å². The molecule has 0 radical (unpaired) electrons. The third kappa shape index (κ3) is 5.41. The second-order valence-corrected chi connectivity index (χ2v) is 8.43. The first-order valence-electron chi connectivity index (χ1n) is 11.7. The normalized spacial score (nSPS) is 12.9. The van der Waals surface area contributed by atoms with Crippen LogP contribution in [-0.2, 0) is 11.2 Å². The lowest BCUT2D eigenvalue weighted by Gasteiger charge is -2.22. The van der Waals surface area contributed by atoms with Gasteiger partial charge < -0.3 is 20.3 Å². The largest absolute Gasteiger partial charge is 0.456 e. The van der Waals surface area contributed by atoms with Gasteiger partial charge in [-0.05, 0) is 73.4 Å². The van der Waals surface area contributed by atoms with Crippen LogP contribution in [-0.4, -0.2) is 27.4 Å². The standard InChI is InChI=1S/C27H25FN6O2/c1-18(35)34-14-3-2-5-19-7-8-21(15-25(19)34)31-26-24(28)17-30-27(33-26)32-20-9-11-22(12-10-20)36-23-6-4-13-29-16-23/h4,6-13,15-17H,2-3,5,14H2,1H3,(H2,30,31,32,33). The third-order valence-corrected chi connectivity index (χ3v) is 5.82. The summed E-state index contributed by atoms with van der Waals surface area (Å²) < 4.78 is 20.3. The number of pyridine rings is 1. The molecule has 8 nitrogen and oxygen atoms in total. The molecule has 2 aromatic heterocycles. The Bertz CT molecular complexity index is 1360. The van der Waals surface area contributed by atoms with Gasteiger partial charge in [-0.3, -0.25) is 9.78 Å². The van der Waals surface area contributed by atoms with E-state index >= 15 is 0 Å². The number of benzene rings is 2. The zero-order valence-electron chi connectivity index (χ0n) is 19.7. The van der Waals surface area contributed by atoms with Crippen LogP contribution in [0.25, 0.3) is 0 Å². The molecule has 2 aromatic carbocycles. The van der Waals surface area contributed by atoms with Gasteiger partial charge in [0.2, 0.25) is 11.9 Å². The van der Waals surface area contributed by atoms with Crippen LogP contribution in [0.3, 0.4) is 0 Å². The number of carbonyl (C=O) groups is 1. The van der Waals surface area contributed by atoms with Crippen LogP contribution in [0.2, 0.25) is 0 Å². The maximum Gasteiger partial charge on any atom is 0.229 e. The molecule has 3 heterocycles. The fourth-order valence-corrected chi connectivity index (χ4v) is 4.07. The van der Waals surface area contributed by atoms with E-state index in [9.17, 15) is 9.18 Å². The smallest absolute Gasteiger partial charge is 0.229 e. The lowest BCUT2D eigenvalue weighted by atomic mass is 10.1. The summed E-state index contributed by atoms with van der Waals surface area (Å²) in [5.74, 6) is 0.969. The summed E-state index contributed by atoms with van der Waals surface area (Å²) in [7, 11) is 0. The van der Waals surface area contributed by atoms with Crippen LogP contribution in [0.1, 0.15) is 25.3 Å². The zero-order valence-corrected chi connectivity index (χ0v) is 19.7. The van der Waals surface area contributed by atoms with Crippen LogP contribution in [0.15, 0.2) is 73.2 Å². The Balaban J connectivity index is 1.31. The van der Waals surface area contributed by atoms with E-state index in [1.54, 1.807) is 42.4 Å². The first-order chi connectivity index (χ1) is 17.5. The number of anilines is 5. The fraction of sp³-hybridized carbons (Fsp3) is 0.185. The van der Waals surface area contributed by atoms with E-state index in [0.29, 0.717) is 29.4 Å². The van der Waals surface area contributed by atoms with Gasteiger partial charge in [0.05, 0.1) is 12.4 Å². The lowest BCUT2D eigenvalue weighted by Crippen LogP contribution is -2.29. The van der Waals surface area contributed by atoms with Crippen LogP contribution in [0, 0.1) is 5.82 Å². The molecule has 1 amide bonds. The molecule has 1 aliphatic rings. The first-order valence-corrected chi connectivity index (χ1v) is 11.7. The SMILES string of the molecule is CC(=O)N1CCCCc2ccc(Nc3nc(Nc4ccc(Oc5cccnc5)cc4)ncc3F)cc21. The van der Waals surface area contributed by atoms with Crippen molar-refractivity contribution in [3.05, 3.63) is 84.6 Å². The molecule has 0 atom stereocenters. The van der Waals surface area contributed by atoms with Gasteiger partial charge in [0.15, 0.2) is 11.6 Å². The van der Waals surface area contributed by atoms with Crippen molar-refractivity contribution < 1.29 is 13.9 Å². The molecule has 1 aliphatic heterocycles. The molecule has 0 unspecified atom stereocenters. The molecule has 9 heteroatoms. The summed E-state index contributed by atoms with van der Waals surface area (Å²) in [5.41, 5.74) is 3.32. The van der Waals surface area contributed by atoms with E-state index in [-0.39, 0.29) is 17.7 Å². The Morgan fingerprint density at radius 2 is 1.83 bits per heavy atom. The molecular formula is C27H25FN6O2. The van der Waals surface area contributed by atoms with Gasteiger partial charge >= 0.3 is 0 Å². The number of halogens is 1. The number of aromatic nitrogens is 3. The van der Waals surface area contributed by atoms with E-state index in [0.717, 1.165) is 36.7 Å². The molecule has 182 valence electrons. The number of nitrogens with one attached hydrogen (secondary N) is 2. The van der Waals surface area contributed by atoms with Gasteiger partial charge in [0, 0.05) is 36.7 Å². The van der Waals surface area contributed by atoms with Crippen molar-refractivity contribution in [2.45, 2.75) is 26.2 Å². The van der Waals surface area contributed by atoms with E-state index in [1.807, 2.05) is 36.4 Å². The predicted molar refractivity (Wildman–Crippen MR) is 137 cm³/mol. The molecular weight excluding hydrogens is 459 g/mol. The summed E-state index contributed by atoms with van der Waals surface area (Å²) in [4.78, 5) is 26.3. The second-order valence-electron chi connectivity index (χ2n) is 8.43. The maximum absolute atomic E-state index is 14.6. The van der Waals surface area contributed by atoms with Gasteiger partial charge in [-0.25, -0.2) is 9.37 Å². The number of hydrogen-bond donors (Lipinski definition) is 2. The third-order valence-electron chi connectivity index (χ3n) is 5.82. The van der Waals surface area contributed by atoms with Gasteiger partial charge in [0.25, 0.3) is 0 Å². The Hall–Kier alpha value is -4.53. The highest BCUT2D eigenvalue weighted by Gasteiger charge is 2.19. The van der Waals surface area contributed by atoms with Gasteiger partial charge in [0.1, 0.15) is 11.5 Å². The monoisotopic (exact) mass is 484 g/mol. The highest BCUT2D eigenvalue weighted by atomic mass is 19.1. The van der Waals surface area contributed by atoms with Crippen molar-refractivity contribution in [1.29, 1.82) is 0 Å². The highest BCUT2D eigenvalue weighted by Crippen LogP contribution is 2.31. The number of rotatable bonds is 6. The van der Waals surface area contributed by atoms with Crippen molar-refractivity contribution in [2.24, 2.45) is 0 Å². The predicted octanol–water partition coefficient (Wildman–Crippen LogP) is 5.98.